The normalized spacial score (nSPS) is 20.8. The molecular weight excluding hydrogens is 222 g/mol. The number of hydrogen-bond acceptors (Lipinski definition) is 4. The Balaban J connectivity index is 2.11. The van der Waals surface area contributed by atoms with Gasteiger partial charge in [-0.1, -0.05) is 12.2 Å². The molecule has 0 bridgehead atoms. The van der Waals surface area contributed by atoms with Crippen LogP contribution in [0.2, 0.25) is 0 Å². The fraction of sp³-hybridized carbons (Fsp3) is 0.455. The maximum absolute atomic E-state index is 5.52. The van der Waals surface area contributed by atoms with Crippen LogP contribution in [0.4, 0.5) is 5.82 Å². The number of nitrogens with zero attached hydrogens (tertiary/aromatic N) is 2. The molecule has 16 heavy (non-hydrogen) atoms. The van der Waals surface area contributed by atoms with E-state index in [0.29, 0.717) is 4.99 Å². The van der Waals surface area contributed by atoms with Crippen LogP contribution in [-0.2, 0) is 4.74 Å². The molecule has 86 valence electrons. The molecule has 1 unspecified atom stereocenters. The maximum atomic E-state index is 5.52. The van der Waals surface area contributed by atoms with Crippen LogP contribution in [0.1, 0.15) is 12.5 Å². The Morgan fingerprint density at radius 3 is 3.00 bits per heavy atom. The fourth-order valence-electron chi connectivity index (χ4n) is 1.75. The molecule has 1 atom stereocenters. The molecule has 1 aromatic heterocycles. The lowest BCUT2D eigenvalue weighted by Crippen LogP contribution is -2.41. The van der Waals surface area contributed by atoms with Gasteiger partial charge in [-0.15, -0.1) is 0 Å². The number of aromatic nitrogens is 1. The van der Waals surface area contributed by atoms with Gasteiger partial charge in [-0.2, -0.15) is 0 Å². The molecule has 2 heterocycles. The standard InChI is InChI=1S/C11H15N3OS/c1-8-7-14(4-5-15-8)10-3-2-9(6-13-10)11(12)16/h2-3,6,8H,4-5,7H2,1H3,(H2,12,16). The number of pyridine rings is 1. The molecule has 0 spiro atoms. The highest BCUT2D eigenvalue weighted by Gasteiger charge is 2.17. The zero-order chi connectivity index (χ0) is 11.5. The monoisotopic (exact) mass is 237 g/mol. The zero-order valence-corrected chi connectivity index (χ0v) is 10.0. The van der Waals surface area contributed by atoms with E-state index in [2.05, 4.69) is 16.8 Å². The Kier molecular flexibility index (Phi) is 3.36. The van der Waals surface area contributed by atoms with Crippen LogP contribution in [-0.4, -0.2) is 35.8 Å². The molecule has 0 amide bonds. The van der Waals surface area contributed by atoms with Gasteiger partial charge in [0.1, 0.15) is 10.8 Å². The van der Waals surface area contributed by atoms with Crippen molar-refractivity contribution < 1.29 is 4.74 Å². The summed E-state index contributed by atoms with van der Waals surface area (Å²) >= 11 is 4.88. The van der Waals surface area contributed by atoms with Crippen molar-refractivity contribution in [3.05, 3.63) is 23.9 Å². The van der Waals surface area contributed by atoms with Crippen LogP contribution in [0.15, 0.2) is 18.3 Å². The van der Waals surface area contributed by atoms with E-state index in [1.807, 2.05) is 12.1 Å². The Hall–Kier alpha value is -1.20. The Bertz CT molecular complexity index is 379. The predicted molar refractivity (Wildman–Crippen MR) is 67.8 cm³/mol. The van der Waals surface area contributed by atoms with Gasteiger partial charge in [-0.25, -0.2) is 4.98 Å². The van der Waals surface area contributed by atoms with Crippen molar-refractivity contribution in [3.8, 4) is 0 Å². The van der Waals surface area contributed by atoms with Crippen LogP contribution in [0.5, 0.6) is 0 Å². The number of nitrogens with two attached hydrogens (primary N) is 1. The number of rotatable bonds is 2. The van der Waals surface area contributed by atoms with E-state index in [9.17, 15) is 0 Å². The highest BCUT2D eigenvalue weighted by molar-refractivity contribution is 7.80. The average molecular weight is 237 g/mol. The molecule has 0 saturated carbocycles. The lowest BCUT2D eigenvalue weighted by atomic mass is 10.2. The van der Waals surface area contributed by atoms with Crippen molar-refractivity contribution >= 4 is 23.0 Å². The molecule has 0 aliphatic carbocycles. The van der Waals surface area contributed by atoms with Crippen LogP contribution in [0, 0.1) is 0 Å². The lowest BCUT2D eigenvalue weighted by Gasteiger charge is -2.32. The van der Waals surface area contributed by atoms with Crippen LogP contribution >= 0.6 is 12.2 Å². The molecule has 4 nitrogen and oxygen atoms in total. The first-order valence-electron chi connectivity index (χ1n) is 5.29. The van der Waals surface area contributed by atoms with Gasteiger partial charge in [0.05, 0.1) is 12.7 Å². The molecule has 5 heteroatoms. The van der Waals surface area contributed by atoms with Crippen molar-refractivity contribution in [2.24, 2.45) is 5.73 Å². The minimum absolute atomic E-state index is 0.255. The van der Waals surface area contributed by atoms with Gasteiger partial charge < -0.3 is 15.4 Å². The molecule has 1 aliphatic rings. The van der Waals surface area contributed by atoms with Gasteiger partial charge in [0.15, 0.2) is 0 Å². The van der Waals surface area contributed by atoms with E-state index >= 15 is 0 Å². The second kappa shape index (κ2) is 4.76. The number of hydrogen-bond donors (Lipinski definition) is 1. The summed E-state index contributed by atoms with van der Waals surface area (Å²) in [6, 6.07) is 3.86. The fourth-order valence-corrected chi connectivity index (χ4v) is 1.87. The number of ether oxygens (including phenoxy) is 1. The quantitative estimate of drug-likeness (QED) is 0.776. The van der Waals surface area contributed by atoms with Gasteiger partial charge in [0.2, 0.25) is 0 Å². The summed E-state index contributed by atoms with van der Waals surface area (Å²) in [5.41, 5.74) is 6.33. The van der Waals surface area contributed by atoms with E-state index in [1.54, 1.807) is 6.20 Å². The Labute approximate surface area is 100 Å². The highest BCUT2D eigenvalue weighted by atomic mass is 32.1. The van der Waals surface area contributed by atoms with E-state index in [1.165, 1.54) is 0 Å². The molecule has 2 rings (SSSR count). The van der Waals surface area contributed by atoms with Crippen molar-refractivity contribution in [2.45, 2.75) is 13.0 Å². The SMILES string of the molecule is CC1CN(c2ccc(C(N)=S)cn2)CCO1. The van der Waals surface area contributed by atoms with Crippen LogP contribution in [0.3, 0.4) is 0 Å². The minimum Gasteiger partial charge on any atom is -0.389 e. The second-order valence-corrected chi connectivity index (χ2v) is 4.34. The van der Waals surface area contributed by atoms with Crippen molar-refractivity contribution in [1.82, 2.24) is 4.98 Å². The molecule has 1 aliphatic heterocycles. The molecule has 0 aromatic carbocycles. The molecule has 2 N–H and O–H groups in total. The molecule has 1 saturated heterocycles. The maximum Gasteiger partial charge on any atom is 0.128 e. The molecule has 0 radical (unpaired) electrons. The Morgan fingerprint density at radius 2 is 2.44 bits per heavy atom. The topological polar surface area (TPSA) is 51.4 Å². The van der Waals surface area contributed by atoms with Gasteiger partial charge >= 0.3 is 0 Å². The van der Waals surface area contributed by atoms with Crippen molar-refractivity contribution in [1.29, 1.82) is 0 Å². The van der Waals surface area contributed by atoms with Crippen LogP contribution in [0.25, 0.3) is 0 Å². The number of anilines is 1. The zero-order valence-electron chi connectivity index (χ0n) is 9.22. The Morgan fingerprint density at radius 1 is 1.62 bits per heavy atom. The number of thiocarbonyl (C=S) groups is 1. The van der Waals surface area contributed by atoms with Gasteiger partial charge in [0, 0.05) is 24.8 Å². The first-order valence-corrected chi connectivity index (χ1v) is 5.70. The van der Waals surface area contributed by atoms with Gasteiger partial charge in [-0.3, -0.25) is 0 Å². The summed E-state index contributed by atoms with van der Waals surface area (Å²) in [6.45, 7) is 4.57. The summed E-state index contributed by atoms with van der Waals surface area (Å²) in [4.78, 5) is 6.95. The molecular formula is C11H15N3OS. The van der Waals surface area contributed by atoms with Crippen molar-refractivity contribution in [3.63, 3.8) is 0 Å². The van der Waals surface area contributed by atoms with E-state index < -0.39 is 0 Å². The molecule has 1 aromatic rings. The molecule has 1 fully saturated rings. The lowest BCUT2D eigenvalue weighted by molar-refractivity contribution is 0.0529. The first kappa shape index (κ1) is 11.3. The third kappa shape index (κ3) is 2.48. The summed E-state index contributed by atoms with van der Waals surface area (Å²) in [5, 5.41) is 0. The van der Waals surface area contributed by atoms with Crippen LogP contribution < -0.4 is 10.6 Å². The second-order valence-electron chi connectivity index (χ2n) is 3.90. The van der Waals surface area contributed by atoms with Gasteiger partial charge in [-0.05, 0) is 19.1 Å². The average Bonchev–Trinajstić information content (AvgIpc) is 2.29. The minimum atomic E-state index is 0.255. The number of morpholine rings is 1. The van der Waals surface area contributed by atoms with E-state index in [-0.39, 0.29) is 6.10 Å². The summed E-state index contributed by atoms with van der Waals surface area (Å²) in [6.07, 6.45) is 1.98. The third-order valence-electron chi connectivity index (χ3n) is 2.60. The summed E-state index contributed by atoms with van der Waals surface area (Å²) in [7, 11) is 0. The smallest absolute Gasteiger partial charge is 0.128 e. The first-order chi connectivity index (χ1) is 7.66. The predicted octanol–water partition coefficient (Wildman–Crippen LogP) is 0.941. The van der Waals surface area contributed by atoms with Crippen molar-refractivity contribution in [2.75, 3.05) is 24.6 Å². The van der Waals surface area contributed by atoms with E-state index in [4.69, 9.17) is 22.7 Å². The van der Waals surface area contributed by atoms with E-state index in [0.717, 1.165) is 31.1 Å². The van der Waals surface area contributed by atoms with Gasteiger partial charge in [0.25, 0.3) is 0 Å². The summed E-state index contributed by atoms with van der Waals surface area (Å²) < 4.78 is 5.48. The highest BCUT2D eigenvalue weighted by Crippen LogP contribution is 2.15. The third-order valence-corrected chi connectivity index (χ3v) is 2.83. The summed E-state index contributed by atoms with van der Waals surface area (Å²) in [5.74, 6) is 0.954. The largest absolute Gasteiger partial charge is 0.389 e.